The highest BCUT2D eigenvalue weighted by Crippen LogP contribution is 2.67. The van der Waals surface area contributed by atoms with E-state index in [0.717, 1.165) is 99.7 Å². The van der Waals surface area contributed by atoms with Gasteiger partial charge in [0.2, 0.25) is 0 Å². The quantitative estimate of drug-likeness (QED) is 0.0360. The molecule has 0 amide bonds. The second-order valence-corrected chi connectivity index (χ2v) is 22.9. The number of carbonyl (C=O) groups is 1. The minimum absolute atomic E-state index is 0.0594. The van der Waals surface area contributed by atoms with Gasteiger partial charge in [-0.1, -0.05) is 228 Å². The van der Waals surface area contributed by atoms with Crippen LogP contribution in [0.1, 0.15) is 253 Å². The Morgan fingerprint density at radius 2 is 1.09 bits per heavy atom. The molecule has 378 valence electrons. The van der Waals surface area contributed by atoms with Crippen LogP contribution in [0.4, 0.5) is 0 Å². The summed E-state index contributed by atoms with van der Waals surface area (Å²) < 4.78 is 6.18. The molecule has 4 aliphatic carbocycles. The average Bonchev–Trinajstić information content (AvgIpc) is 3.67. The molecule has 8 unspecified atom stereocenters. The fourth-order valence-corrected chi connectivity index (χ4v) is 13.4. The number of allylic oxidation sites excluding steroid dienone is 15. The van der Waals surface area contributed by atoms with E-state index < -0.39 is 0 Å². The van der Waals surface area contributed by atoms with Crippen LogP contribution in [0.3, 0.4) is 0 Å². The fraction of sp³-hybridized carbons (Fsp3) is 0.738. The highest BCUT2D eigenvalue weighted by molar-refractivity contribution is 5.69. The van der Waals surface area contributed by atoms with Crippen LogP contribution in [0.5, 0.6) is 0 Å². The molecule has 0 aromatic rings. The minimum Gasteiger partial charge on any atom is -0.462 e. The van der Waals surface area contributed by atoms with E-state index >= 15 is 0 Å². The number of fused-ring (bicyclic) bond motifs is 5. The maximum atomic E-state index is 12.9. The van der Waals surface area contributed by atoms with Gasteiger partial charge in [0.05, 0.1) is 0 Å². The molecule has 8 atom stereocenters. The third kappa shape index (κ3) is 21.1. The molecule has 67 heavy (non-hydrogen) atoms. The second kappa shape index (κ2) is 33.8. The second-order valence-electron chi connectivity index (χ2n) is 22.9. The van der Waals surface area contributed by atoms with Crippen molar-refractivity contribution in [2.24, 2.45) is 46.3 Å². The highest BCUT2D eigenvalue weighted by Gasteiger charge is 2.59. The summed E-state index contributed by atoms with van der Waals surface area (Å²) in [7, 11) is 0. The lowest BCUT2D eigenvalue weighted by molar-refractivity contribution is -0.151. The van der Waals surface area contributed by atoms with Gasteiger partial charge < -0.3 is 4.74 Å². The zero-order valence-electron chi connectivity index (χ0n) is 44.9. The van der Waals surface area contributed by atoms with Gasteiger partial charge in [0, 0.05) is 12.8 Å². The van der Waals surface area contributed by atoms with Crippen molar-refractivity contribution in [3.63, 3.8) is 0 Å². The Morgan fingerprint density at radius 3 is 1.63 bits per heavy atom. The molecule has 4 aliphatic rings. The molecular formula is C65H106O2. The Kier molecular flexibility index (Phi) is 28.8. The maximum Gasteiger partial charge on any atom is 0.306 e. The molecule has 3 fully saturated rings. The predicted molar refractivity (Wildman–Crippen MR) is 294 cm³/mol. The van der Waals surface area contributed by atoms with Gasteiger partial charge in [0.25, 0.3) is 0 Å². The van der Waals surface area contributed by atoms with E-state index in [-0.39, 0.29) is 12.1 Å². The number of unbranched alkanes of at least 4 members (excludes halogenated alkanes) is 13. The van der Waals surface area contributed by atoms with Crippen molar-refractivity contribution >= 4 is 5.97 Å². The summed E-state index contributed by atoms with van der Waals surface area (Å²) in [6.45, 7) is 14.8. The molecule has 0 heterocycles. The Hall–Kier alpha value is -2.61. The number of rotatable bonds is 35. The summed E-state index contributed by atoms with van der Waals surface area (Å²) in [4.78, 5) is 12.9. The molecule has 0 aromatic heterocycles. The molecule has 0 bridgehead atoms. The summed E-state index contributed by atoms with van der Waals surface area (Å²) in [6.07, 6.45) is 75.4. The van der Waals surface area contributed by atoms with E-state index in [2.05, 4.69) is 133 Å². The molecule has 0 aliphatic heterocycles. The maximum absolute atomic E-state index is 12.9. The van der Waals surface area contributed by atoms with Crippen LogP contribution in [0.15, 0.2) is 96.7 Å². The molecule has 0 spiro atoms. The van der Waals surface area contributed by atoms with Gasteiger partial charge in [-0.2, -0.15) is 0 Å². The number of hydrogen-bond acceptors (Lipinski definition) is 2. The first kappa shape index (κ1) is 57.0. The van der Waals surface area contributed by atoms with Crippen LogP contribution in [-0.2, 0) is 9.53 Å². The van der Waals surface area contributed by atoms with Crippen molar-refractivity contribution in [1.82, 2.24) is 0 Å². The van der Waals surface area contributed by atoms with Gasteiger partial charge in [-0.25, -0.2) is 0 Å². The van der Waals surface area contributed by atoms with E-state index in [0.29, 0.717) is 17.3 Å². The van der Waals surface area contributed by atoms with Gasteiger partial charge in [0.15, 0.2) is 0 Å². The van der Waals surface area contributed by atoms with Crippen LogP contribution < -0.4 is 0 Å². The van der Waals surface area contributed by atoms with Crippen molar-refractivity contribution in [3.8, 4) is 0 Å². The molecular weight excluding hydrogens is 813 g/mol. The molecule has 3 saturated carbocycles. The summed E-state index contributed by atoms with van der Waals surface area (Å²) in [5.74, 6) is 5.29. The van der Waals surface area contributed by atoms with Gasteiger partial charge in [0.1, 0.15) is 6.10 Å². The average molecular weight is 920 g/mol. The van der Waals surface area contributed by atoms with Crippen LogP contribution in [0, 0.1) is 46.3 Å². The molecule has 4 rings (SSSR count). The molecule has 0 saturated heterocycles. The summed E-state index contributed by atoms with van der Waals surface area (Å²) in [5.41, 5.74) is 2.51. The number of hydrogen-bond donors (Lipinski definition) is 0. The van der Waals surface area contributed by atoms with Crippen molar-refractivity contribution < 1.29 is 9.53 Å². The Balaban J connectivity index is 0.908. The molecule has 0 aromatic carbocycles. The first-order chi connectivity index (χ1) is 32.7. The zero-order valence-corrected chi connectivity index (χ0v) is 44.9. The summed E-state index contributed by atoms with van der Waals surface area (Å²) in [5, 5.41) is 0. The summed E-state index contributed by atoms with van der Waals surface area (Å²) in [6, 6.07) is 0. The number of ether oxygens (including phenoxy) is 1. The third-order valence-electron chi connectivity index (χ3n) is 17.3. The van der Waals surface area contributed by atoms with Crippen molar-refractivity contribution in [3.05, 3.63) is 96.7 Å². The van der Waals surface area contributed by atoms with Gasteiger partial charge >= 0.3 is 5.97 Å². The van der Waals surface area contributed by atoms with Crippen molar-refractivity contribution in [2.75, 3.05) is 0 Å². The third-order valence-corrected chi connectivity index (χ3v) is 17.3. The monoisotopic (exact) mass is 919 g/mol. The lowest BCUT2D eigenvalue weighted by atomic mass is 9.47. The van der Waals surface area contributed by atoms with Crippen LogP contribution in [0.25, 0.3) is 0 Å². The standard InChI is InChI=1S/C65H106O2/c1-7-8-9-10-11-12-13-14-15-16-17-18-19-20-21-22-23-24-25-26-27-28-29-30-31-32-33-34-35-36-37-38-39-40-41-45-63(66)67-58-50-52-64(5)57(54-58)46-47-59-61-49-48-60(56(4)44-42-43-55(2)3)65(61,6)53-51-62(59)64/h8-9,11-12,14-15,17-18,20-21,23-24,26-27,46,55-56,58-62H,7,10,13,16,19,22,25,28-45,47-54H2,1-6H3/b9-8-,12-11-,15-14-,18-17-,21-20-,24-23-,27-26-. The SMILES string of the molecule is CC/C=C\C/C=C\C/C=C\C/C=C\C/C=C\C/C=C\C/C=C\CCCCCCCCCCCCCCCC(=O)OC1CCC2(C)C(=CCC3C2CCC2(C)C(C(C)CCCC(C)C)CCC32)C1. The topological polar surface area (TPSA) is 26.3 Å². The highest BCUT2D eigenvalue weighted by atomic mass is 16.5. The number of carbonyl (C=O) groups excluding carboxylic acids is 1. The van der Waals surface area contributed by atoms with E-state index in [1.54, 1.807) is 5.57 Å². The smallest absolute Gasteiger partial charge is 0.306 e. The van der Waals surface area contributed by atoms with E-state index in [4.69, 9.17) is 4.74 Å². The Labute approximate surface area is 416 Å². The van der Waals surface area contributed by atoms with Crippen molar-refractivity contribution in [2.45, 2.75) is 260 Å². The van der Waals surface area contributed by atoms with Gasteiger partial charge in [-0.15, -0.1) is 0 Å². The zero-order chi connectivity index (χ0) is 47.8. The first-order valence-electron chi connectivity index (χ1n) is 29.1. The molecule has 0 radical (unpaired) electrons. The molecule has 0 N–H and O–H groups in total. The largest absolute Gasteiger partial charge is 0.462 e. The van der Waals surface area contributed by atoms with Crippen LogP contribution in [0.2, 0.25) is 0 Å². The Morgan fingerprint density at radius 1 is 0.582 bits per heavy atom. The van der Waals surface area contributed by atoms with E-state index in [1.165, 1.54) is 141 Å². The molecule has 2 nitrogen and oxygen atoms in total. The first-order valence-corrected chi connectivity index (χ1v) is 29.1. The predicted octanol–water partition coefficient (Wildman–Crippen LogP) is 20.4. The number of esters is 1. The Bertz CT molecular complexity index is 1560. The van der Waals surface area contributed by atoms with Crippen molar-refractivity contribution in [1.29, 1.82) is 0 Å². The van der Waals surface area contributed by atoms with Gasteiger partial charge in [-0.05, 0) is 155 Å². The minimum atomic E-state index is 0.0594. The lowest BCUT2D eigenvalue weighted by Gasteiger charge is -2.58. The fourth-order valence-electron chi connectivity index (χ4n) is 13.4. The van der Waals surface area contributed by atoms with E-state index in [9.17, 15) is 4.79 Å². The lowest BCUT2D eigenvalue weighted by Crippen LogP contribution is -2.51. The van der Waals surface area contributed by atoms with Crippen LogP contribution >= 0.6 is 0 Å². The van der Waals surface area contributed by atoms with E-state index in [1.807, 2.05) is 0 Å². The summed E-state index contributed by atoms with van der Waals surface area (Å²) >= 11 is 0. The molecule has 2 heteroatoms. The normalized spacial score (nSPS) is 27.1. The van der Waals surface area contributed by atoms with Gasteiger partial charge in [-0.3, -0.25) is 4.79 Å². The van der Waals surface area contributed by atoms with Crippen LogP contribution in [-0.4, -0.2) is 12.1 Å².